The number of halogens is 1. The zero-order valence-electron chi connectivity index (χ0n) is 23.1. The van der Waals surface area contributed by atoms with Crippen molar-refractivity contribution in [3.8, 4) is 11.5 Å². The first-order valence-corrected chi connectivity index (χ1v) is 12.4. The lowest BCUT2D eigenvalue weighted by molar-refractivity contribution is -0.165. The number of aliphatic hydroxyl groups excluding tert-OH is 3. The number of nitrogens with zero attached hydrogens (tertiary/aromatic N) is 3. The smallest absolute Gasteiger partial charge is 0.413 e. The van der Waals surface area contributed by atoms with Gasteiger partial charge in [0.05, 0.1) is 37.6 Å². The van der Waals surface area contributed by atoms with Gasteiger partial charge < -0.3 is 45.1 Å². The Balaban J connectivity index is 0.000000528. The Bertz CT molecular complexity index is 1400. The van der Waals surface area contributed by atoms with Crippen LogP contribution in [0, 0.1) is 0 Å². The molecule has 228 valence electrons. The second-order valence-electron chi connectivity index (χ2n) is 8.42. The molecule has 0 radical (unpaired) electrons. The molecular formula is C26H31ClN4O11. The predicted molar refractivity (Wildman–Crippen MR) is 150 cm³/mol. The molecule has 0 aliphatic carbocycles. The summed E-state index contributed by atoms with van der Waals surface area (Å²) in [6.07, 6.45) is -3.37. The molecule has 1 amide bonds. The molecule has 16 heteroatoms. The Morgan fingerprint density at radius 2 is 1.67 bits per heavy atom. The predicted octanol–water partition coefficient (Wildman–Crippen LogP) is 1.53. The minimum Gasteiger partial charge on any atom is -0.495 e. The van der Waals surface area contributed by atoms with Crippen LogP contribution in [0.1, 0.15) is 11.1 Å². The van der Waals surface area contributed by atoms with Gasteiger partial charge in [0.2, 0.25) is 0 Å². The molecule has 3 rings (SSSR count). The molecule has 0 saturated carbocycles. The zero-order chi connectivity index (χ0) is 31.6. The van der Waals surface area contributed by atoms with Gasteiger partial charge in [0, 0.05) is 37.6 Å². The topological polar surface area (TPSA) is 221 Å². The summed E-state index contributed by atoms with van der Waals surface area (Å²) in [6.45, 7) is 0.327. The van der Waals surface area contributed by atoms with Gasteiger partial charge in [-0.2, -0.15) is 0 Å². The molecular weight excluding hydrogens is 580 g/mol. The van der Waals surface area contributed by atoms with Crippen LogP contribution in [0.15, 0.2) is 30.6 Å². The molecule has 15 nitrogen and oxygen atoms in total. The summed E-state index contributed by atoms with van der Waals surface area (Å²) >= 11 is 6.23. The van der Waals surface area contributed by atoms with Crippen molar-refractivity contribution in [3.63, 3.8) is 0 Å². The van der Waals surface area contributed by atoms with Gasteiger partial charge >= 0.3 is 18.0 Å². The highest BCUT2D eigenvalue weighted by Crippen LogP contribution is 2.39. The van der Waals surface area contributed by atoms with Gasteiger partial charge in [0.1, 0.15) is 23.6 Å². The number of ether oxygens (including phenoxy) is 3. The lowest BCUT2D eigenvalue weighted by Gasteiger charge is -2.22. The molecule has 1 aromatic heterocycles. The summed E-state index contributed by atoms with van der Waals surface area (Å²) in [5.41, 5.74) is 2.68. The van der Waals surface area contributed by atoms with E-state index in [1.807, 2.05) is 12.1 Å². The number of fused-ring (bicyclic) bond motifs is 1. The van der Waals surface area contributed by atoms with E-state index in [4.69, 9.17) is 46.2 Å². The van der Waals surface area contributed by atoms with Crippen LogP contribution >= 0.6 is 11.6 Å². The molecule has 6 N–H and O–H groups in total. The first-order valence-electron chi connectivity index (χ1n) is 12.1. The molecule has 0 saturated heterocycles. The highest BCUT2D eigenvalue weighted by atomic mass is 35.5. The molecule has 3 aromatic rings. The van der Waals surface area contributed by atoms with Gasteiger partial charge in [-0.15, -0.1) is 0 Å². The summed E-state index contributed by atoms with van der Waals surface area (Å²) in [5, 5.41) is 46.6. The molecule has 2 aromatic carbocycles. The van der Waals surface area contributed by atoms with Crippen LogP contribution in [-0.4, -0.2) is 101 Å². The third-order valence-electron chi connectivity index (χ3n) is 5.81. The van der Waals surface area contributed by atoms with E-state index in [9.17, 15) is 19.5 Å². The molecule has 1 heterocycles. The van der Waals surface area contributed by atoms with E-state index >= 15 is 0 Å². The van der Waals surface area contributed by atoms with Gasteiger partial charge in [-0.1, -0.05) is 17.7 Å². The van der Waals surface area contributed by atoms with E-state index in [1.165, 1.54) is 25.4 Å². The standard InChI is InChI=1S/C22H25ClN4O5.C4H6O6/c1-27(22(29)32-4)17-10-15-19(14(7-8-28)20(17)31-3)25-12-26-21(15)24-11-13-5-6-18(30-2)16(23)9-13;5-1(3(7)8)2(6)4(9)10/h5-6,9-10,12,28H,7-8,11H2,1-4H3,(H,24,25,26);1-2,5-6H,(H,7,8)(H,9,10). The van der Waals surface area contributed by atoms with Crippen molar-refractivity contribution in [1.82, 2.24) is 9.97 Å². The average Bonchev–Trinajstić information content (AvgIpc) is 2.98. The second-order valence-corrected chi connectivity index (χ2v) is 8.82. The maximum atomic E-state index is 12.2. The van der Waals surface area contributed by atoms with Crippen LogP contribution in [0.5, 0.6) is 11.5 Å². The van der Waals surface area contributed by atoms with Gasteiger partial charge in [-0.25, -0.2) is 24.4 Å². The van der Waals surface area contributed by atoms with E-state index in [1.54, 1.807) is 26.3 Å². The molecule has 42 heavy (non-hydrogen) atoms. The fraction of sp³-hybridized carbons (Fsp3) is 0.346. The van der Waals surface area contributed by atoms with E-state index < -0.39 is 30.2 Å². The Labute approximate surface area is 244 Å². The number of carbonyl (C=O) groups is 3. The van der Waals surface area contributed by atoms with Crippen molar-refractivity contribution in [3.05, 3.63) is 46.7 Å². The number of carboxylic acids is 2. The van der Waals surface area contributed by atoms with Crippen LogP contribution in [-0.2, 0) is 27.3 Å². The number of aromatic nitrogens is 2. The molecule has 0 aliphatic rings. The minimum atomic E-state index is -2.27. The van der Waals surface area contributed by atoms with Gasteiger partial charge in [-0.3, -0.25) is 4.90 Å². The monoisotopic (exact) mass is 610 g/mol. The van der Waals surface area contributed by atoms with Gasteiger partial charge in [-0.05, 0) is 23.8 Å². The van der Waals surface area contributed by atoms with Crippen molar-refractivity contribution in [1.29, 1.82) is 0 Å². The van der Waals surface area contributed by atoms with Crippen molar-refractivity contribution < 1.29 is 54.1 Å². The number of aliphatic hydroxyl groups is 3. The summed E-state index contributed by atoms with van der Waals surface area (Å²) < 4.78 is 15.6. The molecule has 0 spiro atoms. The maximum Gasteiger partial charge on any atom is 0.413 e. The fourth-order valence-corrected chi connectivity index (χ4v) is 3.99. The molecule has 0 fully saturated rings. The lowest BCUT2D eigenvalue weighted by atomic mass is 10.0. The number of carbonyl (C=O) groups excluding carboxylic acids is 1. The zero-order valence-corrected chi connectivity index (χ0v) is 23.8. The average molecular weight is 611 g/mol. The first kappa shape index (κ1) is 33.8. The van der Waals surface area contributed by atoms with E-state index in [0.29, 0.717) is 51.0 Å². The molecule has 2 atom stereocenters. The summed E-state index contributed by atoms with van der Waals surface area (Å²) in [7, 11) is 5.95. The third-order valence-corrected chi connectivity index (χ3v) is 6.11. The van der Waals surface area contributed by atoms with Gasteiger partial charge in [0.25, 0.3) is 0 Å². The fourth-order valence-electron chi connectivity index (χ4n) is 3.71. The summed E-state index contributed by atoms with van der Waals surface area (Å²) in [6, 6.07) is 7.27. The van der Waals surface area contributed by atoms with Crippen LogP contribution < -0.4 is 19.7 Å². The number of rotatable bonds is 11. The van der Waals surface area contributed by atoms with Crippen LogP contribution in [0.2, 0.25) is 5.02 Å². The number of hydrogen-bond donors (Lipinski definition) is 6. The van der Waals surface area contributed by atoms with Crippen molar-refractivity contribution >= 4 is 52.0 Å². The molecule has 0 bridgehead atoms. The summed E-state index contributed by atoms with van der Waals surface area (Å²) in [5.74, 6) is -1.95. The minimum absolute atomic E-state index is 0.117. The largest absolute Gasteiger partial charge is 0.495 e. The number of benzene rings is 2. The number of aliphatic carboxylic acids is 2. The first-order chi connectivity index (χ1) is 19.9. The Morgan fingerprint density at radius 3 is 2.17 bits per heavy atom. The Kier molecular flexibility index (Phi) is 12.5. The van der Waals surface area contributed by atoms with Crippen LogP contribution in [0.4, 0.5) is 16.3 Å². The lowest BCUT2D eigenvalue weighted by Crippen LogP contribution is -2.39. The number of amides is 1. The number of nitrogens with one attached hydrogen (secondary N) is 1. The van der Waals surface area contributed by atoms with Crippen LogP contribution in [0.3, 0.4) is 0 Å². The molecule has 2 unspecified atom stereocenters. The highest BCUT2D eigenvalue weighted by Gasteiger charge is 2.29. The number of carboxylic acid groups (broad SMARTS) is 2. The van der Waals surface area contributed by atoms with Crippen molar-refractivity contribution in [2.45, 2.75) is 25.2 Å². The second kappa shape index (κ2) is 15.5. The molecule has 0 aliphatic heterocycles. The third kappa shape index (κ3) is 8.07. The van der Waals surface area contributed by atoms with Gasteiger partial charge in [0.15, 0.2) is 12.2 Å². The number of hydrogen-bond acceptors (Lipinski definition) is 12. The Hall–Kier alpha value is -4.44. The number of anilines is 2. The number of methoxy groups -OCH3 is 3. The van der Waals surface area contributed by atoms with E-state index in [-0.39, 0.29) is 13.0 Å². The quantitative estimate of drug-likeness (QED) is 0.181. The maximum absolute atomic E-state index is 12.2. The normalized spacial score (nSPS) is 11.9. The van der Waals surface area contributed by atoms with Crippen molar-refractivity contribution in [2.24, 2.45) is 0 Å². The van der Waals surface area contributed by atoms with Crippen molar-refractivity contribution in [2.75, 3.05) is 45.2 Å². The summed E-state index contributed by atoms with van der Waals surface area (Å²) in [4.78, 5) is 41.9. The van der Waals surface area contributed by atoms with E-state index in [0.717, 1.165) is 5.56 Å². The Morgan fingerprint density at radius 1 is 1.02 bits per heavy atom. The van der Waals surface area contributed by atoms with Crippen LogP contribution in [0.25, 0.3) is 10.9 Å². The highest BCUT2D eigenvalue weighted by molar-refractivity contribution is 6.32. The SMILES string of the molecule is COC(=O)N(C)c1cc2c(NCc3ccc(OC)c(Cl)c3)ncnc2c(CCO)c1OC.O=C(O)C(O)C(O)C(=O)O. The van der Waals surface area contributed by atoms with E-state index in [2.05, 4.69) is 15.3 Å².